The number of rotatable bonds is 7. The standard InChI is InChI=1S/C16H22N2O2S/c1-3-5-8-11-21(19,20)15-12-18(16(17)4-2)14-10-7-6-9-13(14)15/h4,6-7,9-10,12,16H,2-3,5,8,11,17H2,1H3. The van der Waals surface area contributed by atoms with E-state index in [0.717, 1.165) is 23.7 Å². The van der Waals surface area contributed by atoms with Gasteiger partial charge in [0.2, 0.25) is 0 Å². The summed E-state index contributed by atoms with van der Waals surface area (Å²) in [6.45, 7) is 5.74. The largest absolute Gasteiger partial charge is 0.327 e. The molecule has 0 radical (unpaired) electrons. The highest BCUT2D eigenvalue weighted by Crippen LogP contribution is 2.28. The third kappa shape index (κ3) is 3.19. The molecular weight excluding hydrogens is 284 g/mol. The van der Waals surface area contributed by atoms with Crippen LogP contribution in [0.2, 0.25) is 0 Å². The average molecular weight is 306 g/mol. The molecule has 1 aromatic carbocycles. The topological polar surface area (TPSA) is 65.1 Å². The maximum Gasteiger partial charge on any atom is 0.180 e. The Bertz CT molecular complexity index is 732. The van der Waals surface area contributed by atoms with E-state index in [4.69, 9.17) is 5.73 Å². The van der Waals surface area contributed by atoms with Gasteiger partial charge in [0.15, 0.2) is 9.84 Å². The lowest BCUT2D eigenvalue weighted by Crippen LogP contribution is -2.14. The number of nitrogens with zero attached hydrogens (tertiary/aromatic N) is 1. The van der Waals surface area contributed by atoms with Gasteiger partial charge in [-0.1, -0.05) is 50.6 Å². The molecule has 21 heavy (non-hydrogen) atoms. The molecule has 0 aliphatic heterocycles. The SMILES string of the molecule is C=CC(N)n1cc(S(=O)(=O)CCCCC)c2ccccc21. The molecule has 4 nitrogen and oxygen atoms in total. The Kier molecular flexibility index (Phi) is 4.85. The lowest BCUT2D eigenvalue weighted by Gasteiger charge is -2.09. The van der Waals surface area contributed by atoms with Crippen LogP contribution in [0.1, 0.15) is 32.4 Å². The molecule has 5 heteroatoms. The van der Waals surface area contributed by atoms with Crippen LogP contribution in [0.25, 0.3) is 10.9 Å². The van der Waals surface area contributed by atoms with Gasteiger partial charge < -0.3 is 10.3 Å². The molecule has 114 valence electrons. The van der Waals surface area contributed by atoms with E-state index in [0.29, 0.717) is 11.3 Å². The number of benzene rings is 1. The first-order valence-corrected chi connectivity index (χ1v) is 8.87. The second-order valence-corrected chi connectivity index (χ2v) is 7.25. The molecule has 1 atom stereocenters. The molecule has 0 spiro atoms. The summed E-state index contributed by atoms with van der Waals surface area (Å²) in [5.41, 5.74) is 6.81. The van der Waals surface area contributed by atoms with Gasteiger partial charge in [-0.05, 0) is 12.5 Å². The third-order valence-corrected chi connectivity index (χ3v) is 5.44. The van der Waals surface area contributed by atoms with E-state index in [1.165, 1.54) is 0 Å². The van der Waals surface area contributed by atoms with Crippen molar-refractivity contribution in [3.63, 3.8) is 0 Å². The van der Waals surface area contributed by atoms with E-state index in [1.54, 1.807) is 16.8 Å². The Hall–Kier alpha value is -1.59. The summed E-state index contributed by atoms with van der Waals surface area (Å²) in [7, 11) is -3.29. The summed E-state index contributed by atoms with van der Waals surface area (Å²) in [4.78, 5) is 0.367. The van der Waals surface area contributed by atoms with Gasteiger partial charge in [-0.25, -0.2) is 8.42 Å². The van der Waals surface area contributed by atoms with Gasteiger partial charge in [-0.15, -0.1) is 0 Å². The maximum atomic E-state index is 12.6. The number of hydrogen-bond donors (Lipinski definition) is 1. The van der Waals surface area contributed by atoms with Crippen molar-refractivity contribution in [2.24, 2.45) is 5.73 Å². The van der Waals surface area contributed by atoms with Gasteiger partial charge >= 0.3 is 0 Å². The van der Waals surface area contributed by atoms with E-state index in [1.807, 2.05) is 24.3 Å². The Morgan fingerprint density at radius 1 is 1.33 bits per heavy atom. The maximum absolute atomic E-state index is 12.6. The molecule has 1 aromatic heterocycles. The van der Waals surface area contributed by atoms with Crippen molar-refractivity contribution in [3.05, 3.63) is 43.1 Å². The van der Waals surface area contributed by atoms with E-state index in [-0.39, 0.29) is 5.75 Å². The Morgan fingerprint density at radius 3 is 2.71 bits per heavy atom. The van der Waals surface area contributed by atoms with E-state index >= 15 is 0 Å². The monoisotopic (exact) mass is 306 g/mol. The second kappa shape index (κ2) is 6.45. The highest BCUT2D eigenvalue weighted by molar-refractivity contribution is 7.91. The van der Waals surface area contributed by atoms with Crippen molar-refractivity contribution < 1.29 is 8.42 Å². The molecule has 0 aliphatic carbocycles. The van der Waals surface area contributed by atoms with Gasteiger partial charge in [0.1, 0.15) is 6.17 Å². The Labute approximate surface area is 126 Å². The van der Waals surface area contributed by atoms with Gasteiger partial charge in [0.05, 0.1) is 16.2 Å². The van der Waals surface area contributed by atoms with E-state index in [9.17, 15) is 8.42 Å². The predicted octanol–water partition coefficient (Wildman–Crippen LogP) is 3.25. The molecule has 0 saturated heterocycles. The lowest BCUT2D eigenvalue weighted by molar-refractivity contribution is 0.590. The van der Waals surface area contributed by atoms with E-state index < -0.39 is 16.0 Å². The minimum atomic E-state index is -3.29. The molecule has 0 fully saturated rings. The molecule has 0 aliphatic rings. The van der Waals surface area contributed by atoms with Gasteiger partial charge in [0, 0.05) is 11.6 Å². The van der Waals surface area contributed by atoms with Crippen molar-refractivity contribution in [1.82, 2.24) is 4.57 Å². The number of hydrogen-bond acceptors (Lipinski definition) is 3. The molecule has 0 saturated carbocycles. The molecule has 0 amide bonds. The fraction of sp³-hybridized carbons (Fsp3) is 0.375. The number of aromatic nitrogens is 1. The summed E-state index contributed by atoms with van der Waals surface area (Å²) in [6, 6.07) is 7.43. The number of para-hydroxylation sites is 1. The van der Waals surface area contributed by atoms with Crippen LogP contribution in [0.5, 0.6) is 0 Å². The first-order chi connectivity index (χ1) is 10.0. The zero-order valence-electron chi connectivity index (χ0n) is 12.3. The van der Waals surface area contributed by atoms with Crippen molar-refractivity contribution in [3.8, 4) is 0 Å². The smallest absolute Gasteiger partial charge is 0.180 e. The van der Waals surface area contributed by atoms with Crippen LogP contribution in [0.4, 0.5) is 0 Å². The predicted molar refractivity (Wildman–Crippen MR) is 86.9 cm³/mol. The number of unbranched alkanes of at least 4 members (excludes halogenated alkanes) is 2. The van der Waals surface area contributed by atoms with Crippen molar-refractivity contribution in [2.75, 3.05) is 5.75 Å². The van der Waals surface area contributed by atoms with Crippen molar-refractivity contribution >= 4 is 20.7 Å². The van der Waals surface area contributed by atoms with Crippen LogP contribution >= 0.6 is 0 Å². The third-order valence-electron chi connectivity index (χ3n) is 3.62. The summed E-state index contributed by atoms with van der Waals surface area (Å²) >= 11 is 0. The van der Waals surface area contributed by atoms with Gasteiger partial charge in [-0.2, -0.15) is 0 Å². The van der Waals surface area contributed by atoms with Crippen LogP contribution in [0.3, 0.4) is 0 Å². The molecular formula is C16H22N2O2S. The highest BCUT2D eigenvalue weighted by Gasteiger charge is 2.21. The molecule has 0 bridgehead atoms. The van der Waals surface area contributed by atoms with Gasteiger partial charge in [0.25, 0.3) is 0 Å². The number of fused-ring (bicyclic) bond motifs is 1. The van der Waals surface area contributed by atoms with Crippen molar-refractivity contribution in [1.29, 1.82) is 0 Å². The summed E-state index contributed by atoms with van der Waals surface area (Å²) in [5, 5.41) is 0.728. The molecule has 1 unspecified atom stereocenters. The lowest BCUT2D eigenvalue weighted by atomic mass is 10.2. The fourth-order valence-electron chi connectivity index (χ4n) is 2.43. The minimum Gasteiger partial charge on any atom is -0.327 e. The summed E-state index contributed by atoms with van der Waals surface area (Å²) in [6.07, 6.45) is 5.40. The van der Waals surface area contributed by atoms with Gasteiger partial charge in [-0.3, -0.25) is 0 Å². The fourth-order valence-corrected chi connectivity index (χ4v) is 4.02. The molecule has 2 rings (SSSR count). The van der Waals surface area contributed by atoms with Crippen LogP contribution in [0.15, 0.2) is 48.0 Å². The van der Waals surface area contributed by atoms with Crippen LogP contribution in [0, 0.1) is 0 Å². The Balaban J connectivity index is 2.51. The van der Waals surface area contributed by atoms with Crippen LogP contribution < -0.4 is 5.73 Å². The molecule has 2 aromatic rings. The normalized spacial score (nSPS) is 13.4. The van der Waals surface area contributed by atoms with Crippen molar-refractivity contribution in [2.45, 2.75) is 37.2 Å². The molecule has 2 N–H and O–H groups in total. The number of nitrogens with two attached hydrogens (primary N) is 1. The number of sulfone groups is 1. The average Bonchev–Trinajstić information content (AvgIpc) is 2.87. The summed E-state index contributed by atoms with van der Waals surface area (Å²) < 4.78 is 26.9. The Morgan fingerprint density at radius 2 is 2.05 bits per heavy atom. The van der Waals surface area contributed by atoms with Crippen LogP contribution in [-0.2, 0) is 9.84 Å². The first-order valence-electron chi connectivity index (χ1n) is 7.21. The van der Waals surface area contributed by atoms with Crippen LogP contribution in [-0.4, -0.2) is 18.7 Å². The minimum absolute atomic E-state index is 0.179. The first kappa shape index (κ1) is 15.8. The van der Waals surface area contributed by atoms with E-state index in [2.05, 4.69) is 13.5 Å². The zero-order chi connectivity index (χ0) is 15.5. The molecule has 1 heterocycles. The quantitative estimate of drug-likeness (QED) is 0.631. The zero-order valence-corrected chi connectivity index (χ0v) is 13.1. The second-order valence-electron chi connectivity index (χ2n) is 5.17. The summed E-state index contributed by atoms with van der Waals surface area (Å²) in [5.74, 6) is 0.179. The highest BCUT2D eigenvalue weighted by atomic mass is 32.2.